The molecule has 2 bridgehead atoms. The highest BCUT2D eigenvalue weighted by molar-refractivity contribution is 6.21. The summed E-state index contributed by atoms with van der Waals surface area (Å²) in [7, 11) is 1.93. The Bertz CT molecular complexity index is 710. The van der Waals surface area contributed by atoms with Crippen LogP contribution < -0.4 is 16.1 Å². The molecule has 4 N–H and O–H groups in total. The molecule has 32 heavy (non-hydrogen) atoms. The van der Waals surface area contributed by atoms with Crippen molar-refractivity contribution in [2.45, 2.75) is 112 Å². The SMILES string of the molecule is CC1CC(C(=O)NC23CCC(NC(=O)COC4CCC(Cl)C(F)C4)(CC2)C(O)C3)NN1C. The van der Waals surface area contributed by atoms with Crippen LogP contribution in [0.1, 0.15) is 64.7 Å². The van der Waals surface area contributed by atoms with E-state index in [9.17, 15) is 19.1 Å². The van der Waals surface area contributed by atoms with E-state index in [1.807, 2.05) is 12.1 Å². The number of hydrogen-bond donors (Lipinski definition) is 4. The molecule has 6 atom stereocenters. The number of aliphatic hydroxyl groups is 1. The van der Waals surface area contributed by atoms with Gasteiger partial charge in [-0.3, -0.25) is 9.59 Å². The first-order valence-corrected chi connectivity index (χ1v) is 12.2. The van der Waals surface area contributed by atoms with Gasteiger partial charge in [0.15, 0.2) is 0 Å². The van der Waals surface area contributed by atoms with Gasteiger partial charge in [0.2, 0.25) is 11.8 Å². The normalized spacial score (nSPS) is 44.4. The number of hydrazine groups is 1. The van der Waals surface area contributed by atoms with Crippen molar-refractivity contribution in [3.05, 3.63) is 0 Å². The van der Waals surface area contributed by atoms with Crippen LogP contribution in [0.25, 0.3) is 0 Å². The molecule has 0 aromatic carbocycles. The minimum atomic E-state index is -1.11. The second kappa shape index (κ2) is 9.33. The fourth-order valence-electron chi connectivity index (χ4n) is 5.80. The molecule has 1 heterocycles. The Labute approximate surface area is 193 Å². The van der Waals surface area contributed by atoms with Crippen molar-refractivity contribution < 1.29 is 23.8 Å². The third kappa shape index (κ3) is 4.92. The molecule has 4 saturated carbocycles. The van der Waals surface area contributed by atoms with E-state index in [0.717, 1.165) is 6.42 Å². The van der Waals surface area contributed by atoms with E-state index < -0.39 is 28.7 Å². The van der Waals surface area contributed by atoms with Gasteiger partial charge >= 0.3 is 0 Å². The molecule has 6 unspecified atom stereocenters. The maximum absolute atomic E-state index is 13.8. The molecule has 1 aliphatic heterocycles. The fraction of sp³-hybridized carbons (Fsp3) is 0.909. The van der Waals surface area contributed by atoms with Crippen LogP contribution in [0.3, 0.4) is 0 Å². The molecule has 0 radical (unpaired) electrons. The molecule has 182 valence electrons. The summed E-state index contributed by atoms with van der Waals surface area (Å²) < 4.78 is 19.4. The van der Waals surface area contributed by atoms with Gasteiger partial charge < -0.3 is 20.5 Å². The highest BCUT2D eigenvalue weighted by Crippen LogP contribution is 2.47. The van der Waals surface area contributed by atoms with Gasteiger partial charge in [0.25, 0.3) is 0 Å². The molecule has 5 aliphatic rings. The Balaban J connectivity index is 1.27. The molecule has 8 nitrogen and oxygen atoms in total. The number of alkyl halides is 2. The predicted molar refractivity (Wildman–Crippen MR) is 118 cm³/mol. The number of amides is 2. The van der Waals surface area contributed by atoms with Crippen LogP contribution in [0.15, 0.2) is 0 Å². The van der Waals surface area contributed by atoms with Gasteiger partial charge in [-0.1, -0.05) is 0 Å². The Kier molecular flexibility index (Phi) is 7.04. The van der Waals surface area contributed by atoms with Gasteiger partial charge in [-0.2, -0.15) is 0 Å². The molecule has 0 spiro atoms. The first-order valence-electron chi connectivity index (χ1n) is 11.8. The lowest BCUT2D eigenvalue weighted by Crippen LogP contribution is -2.71. The van der Waals surface area contributed by atoms with E-state index in [4.69, 9.17) is 16.3 Å². The van der Waals surface area contributed by atoms with Gasteiger partial charge in [-0.25, -0.2) is 14.8 Å². The molecule has 0 aromatic rings. The number of ether oxygens (including phenoxy) is 1. The average Bonchev–Trinajstić information content (AvgIpc) is 3.09. The second-order valence-electron chi connectivity index (χ2n) is 10.3. The van der Waals surface area contributed by atoms with Crippen LogP contribution >= 0.6 is 11.6 Å². The van der Waals surface area contributed by atoms with Crippen LogP contribution in [0.4, 0.5) is 4.39 Å². The summed E-state index contributed by atoms with van der Waals surface area (Å²) in [6.45, 7) is 1.92. The molecule has 1 saturated heterocycles. The van der Waals surface area contributed by atoms with E-state index in [0.29, 0.717) is 44.9 Å². The molecular weight excluding hydrogens is 439 g/mol. The first-order chi connectivity index (χ1) is 15.1. The van der Waals surface area contributed by atoms with Gasteiger partial charge in [0.05, 0.1) is 23.1 Å². The smallest absolute Gasteiger partial charge is 0.246 e. The van der Waals surface area contributed by atoms with E-state index in [1.54, 1.807) is 0 Å². The van der Waals surface area contributed by atoms with Crippen molar-refractivity contribution >= 4 is 23.4 Å². The standard InChI is InChI=1S/C22H36ClFN4O4/c1-13-9-17(27-28(13)2)20(31)26-21-5-7-22(8-6-21,18(29)11-21)25-19(30)12-32-14-3-4-15(23)16(24)10-14/h13-18,27,29H,3-12H2,1-2H3,(H,25,30)(H,26,31). The fourth-order valence-corrected chi connectivity index (χ4v) is 6.03. The largest absolute Gasteiger partial charge is 0.391 e. The molecule has 0 aromatic heterocycles. The van der Waals surface area contributed by atoms with Crippen LogP contribution in [0.5, 0.6) is 0 Å². The zero-order chi connectivity index (χ0) is 23.1. The van der Waals surface area contributed by atoms with E-state index in [1.165, 1.54) is 0 Å². The number of halogens is 2. The van der Waals surface area contributed by atoms with Crippen LogP contribution in [-0.2, 0) is 14.3 Å². The topological polar surface area (TPSA) is 103 Å². The number of carbonyl (C=O) groups is 2. The maximum atomic E-state index is 13.8. The molecule has 10 heteroatoms. The summed E-state index contributed by atoms with van der Waals surface area (Å²) in [6.07, 6.45) is 3.00. The number of aliphatic hydroxyl groups excluding tert-OH is 1. The minimum absolute atomic E-state index is 0.0296. The summed E-state index contributed by atoms with van der Waals surface area (Å²) in [6, 6.07) is 0.0298. The van der Waals surface area contributed by atoms with Crippen molar-refractivity contribution in [2.24, 2.45) is 0 Å². The van der Waals surface area contributed by atoms with Crippen molar-refractivity contribution in [3.8, 4) is 0 Å². The number of nitrogens with one attached hydrogen (secondary N) is 3. The number of hydrogen-bond acceptors (Lipinski definition) is 6. The summed E-state index contributed by atoms with van der Waals surface area (Å²) in [5.41, 5.74) is 2.08. The molecule has 2 amide bonds. The van der Waals surface area contributed by atoms with Crippen molar-refractivity contribution in [1.29, 1.82) is 0 Å². The van der Waals surface area contributed by atoms with Crippen LogP contribution in [-0.4, -0.2) is 82.5 Å². The van der Waals surface area contributed by atoms with Gasteiger partial charge in [-0.15, -0.1) is 11.6 Å². The average molecular weight is 475 g/mol. The number of carbonyl (C=O) groups excluding carboxylic acids is 2. The quantitative estimate of drug-likeness (QED) is 0.431. The molecule has 5 fully saturated rings. The second-order valence-corrected chi connectivity index (χ2v) is 10.9. The summed E-state index contributed by atoms with van der Waals surface area (Å²) in [4.78, 5) is 25.4. The summed E-state index contributed by atoms with van der Waals surface area (Å²) >= 11 is 5.90. The van der Waals surface area contributed by atoms with E-state index in [2.05, 4.69) is 23.0 Å². The highest BCUT2D eigenvalue weighted by atomic mass is 35.5. The first kappa shape index (κ1) is 24.1. The van der Waals surface area contributed by atoms with Crippen LogP contribution in [0, 0.1) is 0 Å². The highest BCUT2D eigenvalue weighted by Gasteiger charge is 2.55. The van der Waals surface area contributed by atoms with Gasteiger partial charge in [0, 0.05) is 25.0 Å². The summed E-state index contributed by atoms with van der Waals surface area (Å²) in [5, 5.41) is 18.6. The Morgan fingerprint density at radius 1 is 1.22 bits per heavy atom. The van der Waals surface area contributed by atoms with E-state index >= 15 is 0 Å². The Hall–Kier alpha value is -1.00. The van der Waals surface area contributed by atoms with Crippen LogP contribution in [0.2, 0.25) is 0 Å². The number of nitrogens with zero attached hydrogens (tertiary/aromatic N) is 1. The lowest BCUT2D eigenvalue weighted by molar-refractivity contribution is -0.140. The van der Waals surface area contributed by atoms with Crippen molar-refractivity contribution in [1.82, 2.24) is 21.1 Å². The van der Waals surface area contributed by atoms with Crippen molar-refractivity contribution in [2.75, 3.05) is 13.7 Å². The third-order valence-corrected chi connectivity index (χ3v) is 8.60. The lowest BCUT2D eigenvalue weighted by Gasteiger charge is -2.56. The Morgan fingerprint density at radius 2 is 1.94 bits per heavy atom. The lowest BCUT2D eigenvalue weighted by atomic mass is 9.59. The maximum Gasteiger partial charge on any atom is 0.246 e. The third-order valence-electron chi connectivity index (χ3n) is 8.11. The molecule has 4 aliphatic carbocycles. The number of fused-ring (bicyclic) bond motifs is 3. The van der Waals surface area contributed by atoms with Gasteiger partial charge in [-0.05, 0) is 58.3 Å². The van der Waals surface area contributed by atoms with E-state index in [-0.39, 0.29) is 43.0 Å². The van der Waals surface area contributed by atoms with Crippen molar-refractivity contribution in [3.63, 3.8) is 0 Å². The molecule has 5 rings (SSSR count). The zero-order valence-electron chi connectivity index (χ0n) is 18.9. The van der Waals surface area contributed by atoms with Gasteiger partial charge in [0.1, 0.15) is 18.8 Å². The Morgan fingerprint density at radius 3 is 2.53 bits per heavy atom. The number of rotatable bonds is 6. The summed E-state index contributed by atoms with van der Waals surface area (Å²) in [5.74, 6) is -0.323. The zero-order valence-corrected chi connectivity index (χ0v) is 19.7. The predicted octanol–water partition coefficient (Wildman–Crippen LogP) is 1.15. The molecular formula is C22H36ClFN4O4. The minimum Gasteiger partial charge on any atom is -0.391 e. The monoisotopic (exact) mass is 474 g/mol.